The maximum Gasteiger partial charge on any atom is 0.144 e. The Kier molecular flexibility index (Phi) is 9.32. The average Bonchev–Trinajstić information content (AvgIpc) is 2.85. The number of carbonyl (C=O) groups excluding carboxylic acids is 1. The molecule has 1 rings (SSSR count). The number of Topliss-reactive ketones (excluding diaryl/α,β-unsaturated/α-hetero) is 1. The Morgan fingerprint density at radius 1 is 1.10 bits per heavy atom. The normalized spacial score (nSPS) is 17.8. The van der Waals surface area contributed by atoms with E-state index in [1.165, 1.54) is 49.7 Å². The number of ketones is 1. The fourth-order valence-electron chi connectivity index (χ4n) is 3.03. The van der Waals surface area contributed by atoms with Gasteiger partial charge in [0.2, 0.25) is 0 Å². The van der Waals surface area contributed by atoms with Gasteiger partial charge in [0.05, 0.1) is 5.92 Å². The van der Waals surface area contributed by atoms with Crippen LogP contribution in [0.4, 0.5) is 0 Å². The van der Waals surface area contributed by atoms with Gasteiger partial charge in [0.1, 0.15) is 5.78 Å². The highest BCUT2D eigenvalue weighted by atomic mass is 16.5. The highest BCUT2D eigenvalue weighted by Gasteiger charge is 2.26. The minimum atomic E-state index is 0.0419. The molecule has 0 radical (unpaired) electrons. The van der Waals surface area contributed by atoms with Crippen molar-refractivity contribution in [2.75, 3.05) is 13.7 Å². The van der Waals surface area contributed by atoms with E-state index in [9.17, 15) is 4.79 Å². The lowest BCUT2D eigenvalue weighted by Gasteiger charge is -2.16. The molecule has 0 saturated carbocycles. The molecule has 0 aromatic heterocycles. The summed E-state index contributed by atoms with van der Waals surface area (Å²) in [4.78, 5) is 12.4. The van der Waals surface area contributed by atoms with Crippen LogP contribution >= 0.6 is 0 Å². The zero-order valence-electron chi connectivity index (χ0n) is 14.1. The van der Waals surface area contributed by atoms with Crippen LogP contribution in [0.5, 0.6) is 0 Å². The van der Waals surface area contributed by atoms with E-state index < -0.39 is 0 Å². The van der Waals surface area contributed by atoms with E-state index in [2.05, 4.69) is 26.0 Å². The lowest BCUT2D eigenvalue weighted by Crippen LogP contribution is -2.17. The van der Waals surface area contributed by atoms with Crippen LogP contribution in [-0.2, 0) is 9.53 Å². The monoisotopic (exact) mass is 292 g/mol. The molecule has 0 heterocycles. The number of allylic oxidation sites excluding steroid dienone is 3. The summed E-state index contributed by atoms with van der Waals surface area (Å²) >= 11 is 0. The average molecular weight is 292 g/mol. The first-order valence-corrected chi connectivity index (χ1v) is 8.59. The first kappa shape index (κ1) is 18.2. The number of ether oxygens (including phenoxy) is 1. The van der Waals surface area contributed by atoms with Crippen LogP contribution < -0.4 is 0 Å². The summed E-state index contributed by atoms with van der Waals surface area (Å²) in [5.74, 6) is 0.442. The highest BCUT2D eigenvalue weighted by molar-refractivity contribution is 5.87. The first-order valence-electron chi connectivity index (χ1n) is 8.59. The highest BCUT2D eigenvalue weighted by Crippen LogP contribution is 2.31. The molecule has 0 saturated heterocycles. The summed E-state index contributed by atoms with van der Waals surface area (Å²) in [6.45, 7) is 5.02. The third-order valence-electron chi connectivity index (χ3n) is 4.33. The van der Waals surface area contributed by atoms with Crippen LogP contribution in [0.25, 0.3) is 0 Å². The van der Waals surface area contributed by atoms with Gasteiger partial charge in [0.15, 0.2) is 0 Å². The van der Waals surface area contributed by atoms with Crippen molar-refractivity contribution in [1.29, 1.82) is 0 Å². The van der Waals surface area contributed by atoms with Crippen molar-refractivity contribution in [2.45, 2.75) is 71.6 Å². The van der Waals surface area contributed by atoms with Gasteiger partial charge in [-0.05, 0) is 19.8 Å². The van der Waals surface area contributed by atoms with E-state index in [1.54, 1.807) is 7.11 Å². The predicted molar refractivity (Wildman–Crippen MR) is 89.4 cm³/mol. The second kappa shape index (κ2) is 10.8. The molecule has 0 fully saturated rings. The third-order valence-corrected chi connectivity index (χ3v) is 4.33. The second-order valence-corrected chi connectivity index (χ2v) is 6.17. The lowest BCUT2D eigenvalue weighted by atomic mass is 9.88. The van der Waals surface area contributed by atoms with Gasteiger partial charge in [0, 0.05) is 20.1 Å². The Morgan fingerprint density at radius 3 is 2.43 bits per heavy atom. The summed E-state index contributed by atoms with van der Waals surface area (Å²) in [5, 5.41) is 0. The van der Waals surface area contributed by atoms with Gasteiger partial charge < -0.3 is 4.74 Å². The van der Waals surface area contributed by atoms with Crippen molar-refractivity contribution >= 4 is 5.78 Å². The maximum atomic E-state index is 12.4. The summed E-state index contributed by atoms with van der Waals surface area (Å²) in [7, 11) is 1.71. The number of rotatable bonds is 12. The molecule has 1 unspecified atom stereocenters. The molecule has 0 aromatic rings. The van der Waals surface area contributed by atoms with Gasteiger partial charge in [0.25, 0.3) is 0 Å². The molecule has 0 aromatic carbocycles. The summed E-state index contributed by atoms with van der Waals surface area (Å²) in [6, 6.07) is 0. The predicted octanol–water partition coefficient (Wildman–Crippen LogP) is 5.24. The van der Waals surface area contributed by atoms with E-state index in [1.807, 2.05) is 0 Å². The quantitative estimate of drug-likeness (QED) is 0.460. The molecule has 0 amide bonds. The molecule has 1 aliphatic rings. The van der Waals surface area contributed by atoms with Crippen LogP contribution in [0.15, 0.2) is 23.3 Å². The standard InChI is InChI=1S/C19H32O2/c1-4-5-6-7-8-9-10-11-18(20)19-16(2)12-13-17(19)14-15-21-3/h12-13,19H,4-11,14-15H2,1-3H3. The summed E-state index contributed by atoms with van der Waals surface area (Å²) < 4.78 is 5.14. The number of carbonyl (C=O) groups is 1. The Morgan fingerprint density at radius 2 is 1.76 bits per heavy atom. The van der Waals surface area contributed by atoms with Gasteiger partial charge in [-0.2, -0.15) is 0 Å². The van der Waals surface area contributed by atoms with Gasteiger partial charge in [-0.1, -0.05) is 68.7 Å². The van der Waals surface area contributed by atoms with Crippen molar-refractivity contribution in [3.05, 3.63) is 23.3 Å². The van der Waals surface area contributed by atoms with Crippen molar-refractivity contribution < 1.29 is 9.53 Å². The van der Waals surface area contributed by atoms with E-state index >= 15 is 0 Å². The largest absolute Gasteiger partial charge is 0.384 e. The molecule has 1 aliphatic carbocycles. The molecule has 2 heteroatoms. The lowest BCUT2D eigenvalue weighted by molar-refractivity contribution is -0.121. The number of hydrogen-bond donors (Lipinski definition) is 0. The van der Waals surface area contributed by atoms with Crippen LogP contribution in [0.3, 0.4) is 0 Å². The van der Waals surface area contributed by atoms with Gasteiger partial charge in [-0.3, -0.25) is 4.79 Å². The van der Waals surface area contributed by atoms with Crippen molar-refractivity contribution in [1.82, 2.24) is 0 Å². The molecule has 21 heavy (non-hydrogen) atoms. The third kappa shape index (κ3) is 6.60. The summed E-state index contributed by atoms with van der Waals surface area (Å²) in [6.07, 6.45) is 14.6. The molecule has 0 spiro atoms. The van der Waals surface area contributed by atoms with Crippen molar-refractivity contribution in [2.24, 2.45) is 5.92 Å². The molecule has 0 bridgehead atoms. The van der Waals surface area contributed by atoms with E-state index in [0.717, 1.165) is 19.3 Å². The van der Waals surface area contributed by atoms with Gasteiger partial charge >= 0.3 is 0 Å². The van der Waals surface area contributed by atoms with E-state index in [-0.39, 0.29) is 5.92 Å². The topological polar surface area (TPSA) is 26.3 Å². The van der Waals surface area contributed by atoms with Crippen molar-refractivity contribution in [3.8, 4) is 0 Å². The zero-order chi connectivity index (χ0) is 15.5. The number of hydrogen-bond acceptors (Lipinski definition) is 2. The number of unbranched alkanes of at least 4 members (excludes halogenated alkanes) is 6. The maximum absolute atomic E-state index is 12.4. The minimum absolute atomic E-state index is 0.0419. The SMILES string of the molecule is CCCCCCCCCC(=O)C1C(C)=CC=C1CCOC. The molecule has 120 valence electrons. The van der Waals surface area contributed by atoms with Crippen LogP contribution in [0.2, 0.25) is 0 Å². The summed E-state index contributed by atoms with van der Waals surface area (Å²) in [5.41, 5.74) is 2.44. The number of methoxy groups -OCH3 is 1. The van der Waals surface area contributed by atoms with Gasteiger partial charge in [-0.15, -0.1) is 0 Å². The molecular formula is C19H32O2. The fourth-order valence-corrected chi connectivity index (χ4v) is 3.03. The Labute approximate surface area is 130 Å². The Bertz CT molecular complexity index is 366. The van der Waals surface area contributed by atoms with E-state index in [4.69, 9.17) is 4.74 Å². The molecule has 0 N–H and O–H groups in total. The first-order chi connectivity index (χ1) is 10.2. The molecule has 1 atom stereocenters. The van der Waals surface area contributed by atoms with E-state index in [0.29, 0.717) is 12.4 Å². The zero-order valence-corrected chi connectivity index (χ0v) is 14.1. The molecule has 2 nitrogen and oxygen atoms in total. The van der Waals surface area contributed by atoms with Gasteiger partial charge in [-0.25, -0.2) is 0 Å². The molecule has 0 aliphatic heterocycles. The second-order valence-electron chi connectivity index (χ2n) is 6.17. The van der Waals surface area contributed by atoms with Crippen LogP contribution in [-0.4, -0.2) is 19.5 Å². The van der Waals surface area contributed by atoms with Crippen molar-refractivity contribution in [3.63, 3.8) is 0 Å². The molecular weight excluding hydrogens is 260 g/mol. The van der Waals surface area contributed by atoms with Crippen LogP contribution in [0.1, 0.15) is 71.6 Å². The fraction of sp³-hybridized carbons (Fsp3) is 0.737. The smallest absolute Gasteiger partial charge is 0.144 e. The Hall–Kier alpha value is -0.890. The Balaban J connectivity index is 2.24. The van der Waals surface area contributed by atoms with Crippen LogP contribution in [0, 0.1) is 5.92 Å². The minimum Gasteiger partial charge on any atom is -0.384 e.